The Balaban J connectivity index is 1.77. The summed E-state index contributed by atoms with van der Waals surface area (Å²) in [5, 5.41) is 4.39. The zero-order valence-electron chi connectivity index (χ0n) is 12.9. The minimum atomic E-state index is 0.329. The first kappa shape index (κ1) is 14.1. The van der Waals surface area contributed by atoms with E-state index in [1.54, 1.807) is 29.3 Å². The molecule has 4 rings (SSSR count). The molecule has 7 nitrogen and oxygen atoms in total. The Kier molecular flexibility index (Phi) is 3.31. The van der Waals surface area contributed by atoms with Gasteiger partial charge in [-0.05, 0) is 17.7 Å². The van der Waals surface area contributed by atoms with E-state index in [1.165, 1.54) is 7.11 Å². The molecular weight excluding hydrogens is 304 g/mol. The zero-order valence-corrected chi connectivity index (χ0v) is 12.9. The number of hydrogen-bond acceptors (Lipinski definition) is 6. The van der Waals surface area contributed by atoms with Crippen molar-refractivity contribution >= 4 is 11.3 Å². The highest BCUT2D eigenvalue weighted by molar-refractivity contribution is 5.79. The second-order valence-electron chi connectivity index (χ2n) is 5.25. The molecule has 0 aliphatic heterocycles. The van der Waals surface area contributed by atoms with E-state index < -0.39 is 0 Å². The average molecular weight is 318 g/mol. The van der Waals surface area contributed by atoms with Crippen LogP contribution in [0.2, 0.25) is 0 Å². The fraction of sp³-hybridized carbons (Fsp3) is 0.0588. The van der Waals surface area contributed by atoms with Crippen LogP contribution in [0.3, 0.4) is 0 Å². The van der Waals surface area contributed by atoms with E-state index in [2.05, 4.69) is 20.1 Å². The highest BCUT2D eigenvalue weighted by Gasteiger charge is 2.10. The molecule has 24 heavy (non-hydrogen) atoms. The van der Waals surface area contributed by atoms with Crippen molar-refractivity contribution in [1.29, 1.82) is 0 Å². The van der Waals surface area contributed by atoms with E-state index in [0.29, 0.717) is 11.7 Å². The molecule has 0 saturated heterocycles. The molecule has 0 atom stereocenters. The van der Waals surface area contributed by atoms with E-state index in [1.807, 2.05) is 30.5 Å². The Labute approximate surface area is 137 Å². The number of anilines is 1. The van der Waals surface area contributed by atoms with Crippen LogP contribution in [0, 0.1) is 0 Å². The maximum atomic E-state index is 5.86. The molecule has 0 spiro atoms. The molecule has 0 amide bonds. The van der Waals surface area contributed by atoms with Gasteiger partial charge in [-0.2, -0.15) is 5.10 Å². The third-order valence-corrected chi connectivity index (χ3v) is 3.70. The molecule has 0 fully saturated rings. The minimum absolute atomic E-state index is 0.329. The maximum absolute atomic E-state index is 5.86. The Hall–Kier alpha value is -3.48. The number of benzene rings is 1. The third kappa shape index (κ3) is 2.41. The van der Waals surface area contributed by atoms with Crippen LogP contribution in [0.25, 0.3) is 27.9 Å². The van der Waals surface area contributed by atoms with E-state index in [4.69, 9.17) is 10.5 Å². The number of nitrogens with zero attached hydrogens (tertiary/aromatic N) is 5. The highest BCUT2D eigenvalue weighted by atomic mass is 16.5. The van der Waals surface area contributed by atoms with Crippen molar-refractivity contribution in [3.8, 4) is 28.3 Å². The Morgan fingerprint density at radius 3 is 2.50 bits per heavy atom. The highest BCUT2D eigenvalue weighted by Crippen LogP contribution is 2.26. The molecule has 7 heteroatoms. The quantitative estimate of drug-likeness (QED) is 0.583. The molecule has 4 aromatic rings. The number of methoxy groups -OCH3 is 1. The van der Waals surface area contributed by atoms with Crippen molar-refractivity contribution in [2.45, 2.75) is 0 Å². The van der Waals surface area contributed by atoms with Crippen LogP contribution in [-0.4, -0.2) is 31.7 Å². The molecule has 3 heterocycles. The summed E-state index contributed by atoms with van der Waals surface area (Å²) in [6, 6.07) is 7.99. The van der Waals surface area contributed by atoms with Crippen molar-refractivity contribution in [2.75, 3.05) is 12.8 Å². The van der Waals surface area contributed by atoms with Gasteiger partial charge in [0.2, 0.25) is 0 Å². The van der Waals surface area contributed by atoms with Gasteiger partial charge in [0.1, 0.15) is 0 Å². The summed E-state index contributed by atoms with van der Waals surface area (Å²) >= 11 is 0. The summed E-state index contributed by atoms with van der Waals surface area (Å²) in [5.74, 6) is 0. The molecule has 0 radical (unpaired) electrons. The largest absolute Gasteiger partial charge is 0.467 e. The average Bonchev–Trinajstić information content (AvgIpc) is 3.05. The lowest BCUT2D eigenvalue weighted by Gasteiger charge is -2.04. The van der Waals surface area contributed by atoms with E-state index >= 15 is 0 Å². The van der Waals surface area contributed by atoms with Gasteiger partial charge in [0, 0.05) is 47.2 Å². The predicted octanol–water partition coefficient (Wildman–Crippen LogP) is 2.44. The summed E-state index contributed by atoms with van der Waals surface area (Å²) < 4.78 is 6.71. The van der Waals surface area contributed by atoms with Crippen molar-refractivity contribution < 1.29 is 4.74 Å². The minimum Gasteiger partial charge on any atom is -0.467 e. The van der Waals surface area contributed by atoms with Crippen molar-refractivity contribution in [3.05, 3.63) is 55.2 Å². The number of rotatable bonds is 3. The summed E-state index contributed by atoms with van der Waals surface area (Å²) in [7, 11) is 1.53. The fourth-order valence-electron chi connectivity index (χ4n) is 2.50. The number of aromatic nitrogens is 5. The molecule has 0 unspecified atom stereocenters. The van der Waals surface area contributed by atoms with Gasteiger partial charge in [0.05, 0.1) is 13.3 Å². The smallest absolute Gasteiger partial charge is 0.316 e. The molecule has 0 saturated carbocycles. The molecule has 0 aliphatic rings. The number of fused-ring (bicyclic) bond motifs is 1. The normalized spacial score (nSPS) is 10.9. The first-order valence-corrected chi connectivity index (χ1v) is 7.30. The summed E-state index contributed by atoms with van der Waals surface area (Å²) in [5.41, 5.74) is 11.0. The van der Waals surface area contributed by atoms with Crippen molar-refractivity contribution in [1.82, 2.24) is 24.6 Å². The molecular formula is C17H14N6O. The Morgan fingerprint density at radius 1 is 0.958 bits per heavy atom. The lowest BCUT2D eigenvalue weighted by molar-refractivity contribution is 0.380. The summed E-state index contributed by atoms with van der Waals surface area (Å²) in [6.07, 6.45) is 8.83. The standard InChI is InChI=1S/C17H14N6O/c1-24-17-20-6-12(7-21-17)13-8-19-16-15(9-22-23(16)10-13)11-3-2-4-14(18)5-11/h2-10H,18H2,1H3. The van der Waals surface area contributed by atoms with Gasteiger partial charge in [0.15, 0.2) is 5.65 Å². The van der Waals surface area contributed by atoms with Crippen LogP contribution in [0.15, 0.2) is 55.2 Å². The fourth-order valence-corrected chi connectivity index (χ4v) is 2.50. The Morgan fingerprint density at radius 2 is 1.75 bits per heavy atom. The van der Waals surface area contributed by atoms with Gasteiger partial charge in [-0.3, -0.25) is 0 Å². The first-order chi connectivity index (χ1) is 11.7. The predicted molar refractivity (Wildman–Crippen MR) is 90.4 cm³/mol. The lowest BCUT2D eigenvalue weighted by atomic mass is 10.1. The second-order valence-corrected chi connectivity index (χ2v) is 5.25. The van der Waals surface area contributed by atoms with E-state index in [9.17, 15) is 0 Å². The Bertz CT molecular complexity index is 1010. The van der Waals surface area contributed by atoms with Crippen LogP contribution < -0.4 is 10.5 Å². The first-order valence-electron chi connectivity index (χ1n) is 7.30. The van der Waals surface area contributed by atoms with Gasteiger partial charge in [-0.15, -0.1) is 0 Å². The molecule has 0 aliphatic carbocycles. The molecule has 2 N–H and O–H groups in total. The second kappa shape index (κ2) is 5.62. The van der Waals surface area contributed by atoms with Crippen LogP contribution >= 0.6 is 0 Å². The number of nitrogen functional groups attached to an aromatic ring is 1. The molecule has 1 aromatic carbocycles. The molecule has 3 aromatic heterocycles. The lowest BCUT2D eigenvalue weighted by Crippen LogP contribution is -1.95. The van der Waals surface area contributed by atoms with Gasteiger partial charge in [-0.1, -0.05) is 12.1 Å². The number of nitrogens with two attached hydrogens (primary N) is 1. The van der Waals surface area contributed by atoms with Gasteiger partial charge in [0.25, 0.3) is 0 Å². The van der Waals surface area contributed by atoms with E-state index in [-0.39, 0.29) is 0 Å². The van der Waals surface area contributed by atoms with Crippen LogP contribution in [0.1, 0.15) is 0 Å². The zero-order chi connectivity index (χ0) is 16.5. The van der Waals surface area contributed by atoms with Gasteiger partial charge < -0.3 is 10.5 Å². The topological polar surface area (TPSA) is 91.2 Å². The van der Waals surface area contributed by atoms with E-state index in [0.717, 1.165) is 27.9 Å². The van der Waals surface area contributed by atoms with Gasteiger partial charge >= 0.3 is 6.01 Å². The maximum Gasteiger partial charge on any atom is 0.316 e. The summed E-state index contributed by atoms with van der Waals surface area (Å²) in [4.78, 5) is 12.8. The van der Waals surface area contributed by atoms with Crippen LogP contribution in [-0.2, 0) is 0 Å². The van der Waals surface area contributed by atoms with Crippen molar-refractivity contribution in [3.63, 3.8) is 0 Å². The number of hydrogen-bond donors (Lipinski definition) is 1. The number of ether oxygens (including phenoxy) is 1. The summed E-state index contributed by atoms with van der Waals surface area (Å²) in [6.45, 7) is 0. The third-order valence-electron chi connectivity index (χ3n) is 3.70. The van der Waals surface area contributed by atoms with Gasteiger partial charge in [-0.25, -0.2) is 19.5 Å². The SMILES string of the molecule is COc1ncc(-c2cnc3c(-c4cccc(N)c4)cnn3c2)cn1. The molecule has 118 valence electrons. The monoisotopic (exact) mass is 318 g/mol. The molecule has 0 bridgehead atoms. The van der Waals surface area contributed by atoms with Crippen LogP contribution in [0.5, 0.6) is 6.01 Å². The van der Waals surface area contributed by atoms with Crippen LogP contribution in [0.4, 0.5) is 5.69 Å². The van der Waals surface area contributed by atoms with Crippen molar-refractivity contribution in [2.24, 2.45) is 0 Å².